The molecule has 0 aliphatic carbocycles. The molecule has 0 saturated heterocycles. The van der Waals surface area contributed by atoms with Crippen LogP contribution in [-0.2, 0) is 18.3 Å². The van der Waals surface area contributed by atoms with Gasteiger partial charge < -0.3 is 15.4 Å². The van der Waals surface area contributed by atoms with E-state index in [1.165, 1.54) is 12.1 Å². The Labute approximate surface area is 164 Å². The van der Waals surface area contributed by atoms with Crippen LogP contribution in [0.4, 0.5) is 4.39 Å². The van der Waals surface area contributed by atoms with Gasteiger partial charge in [-0.25, -0.2) is 9.38 Å². The van der Waals surface area contributed by atoms with Crippen LogP contribution in [0.25, 0.3) is 0 Å². The Morgan fingerprint density at radius 2 is 2.00 bits per heavy atom. The first-order valence-corrected chi connectivity index (χ1v) is 7.91. The summed E-state index contributed by atoms with van der Waals surface area (Å²) in [4.78, 5) is 4.55. The molecule has 2 rings (SSSR count). The highest BCUT2D eigenvalue weighted by Crippen LogP contribution is 2.16. The number of methoxy groups -OCH3 is 1. The average Bonchev–Trinajstić information content (AvgIpc) is 2.99. The maximum atomic E-state index is 13.0. The molecule has 0 aliphatic heterocycles. The zero-order valence-corrected chi connectivity index (χ0v) is 17.0. The van der Waals surface area contributed by atoms with Crippen molar-refractivity contribution in [1.29, 1.82) is 0 Å². The van der Waals surface area contributed by atoms with Gasteiger partial charge in [-0.05, 0) is 30.7 Å². The first-order chi connectivity index (χ1) is 11.6. The van der Waals surface area contributed by atoms with Gasteiger partial charge in [0.05, 0.1) is 18.3 Å². The van der Waals surface area contributed by atoms with E-state index in [2.05, 4.69) is 20.7 Å². The smallest absolute Gasteiger partial charge is 0.191 e. The van der Waals surface area contributed by atoms with Crippen molar-refractivity contribution in [3.05, 3.63) is 53.6 Å². The Morgan fingerprint density at radius 3 is 2.56 bits per heavy atom. The van der Waals surface area contributed by atoms with Crippen LogP contribution in [0.15, 0.2) is 41.5 Å². The van der Waals surface area contributed by atoms with Gasteiger partial charge in [0.25, 0.3) is 0 Å². The van der Waals surface area contributed by atoms with Crippen molar-refractivity contribution in [1.82, 2.24) is 20.4 Å². The van der Waals surface area contributed by atoms with E-state index in [1.807, 2.05) is 20.0 Å². The molecule has 0 spiro atoms. The lowest BCUT2D eigenvalue weighted by Crippen LogP contribution is -2.39. The van der Waals surface area contributed by atoms with Crippen molar-refractivity contribution in [3.8, 4) is 0 Å². The van der Waals surface area contributed by atoms with Gasteiger partial charge in [0.2, 0.25) is 0 Å². The second kappa shape index (κ2) is 11.0. The molecule has 8 heteroatoms. The van der Waals surface area contributed by atoms with Gasteiger partial charge in [0.1, 0.15) is 5.82 Å². The molecule has 1 aromatic heterocycles. The summed E-state index contributed by atoms with van der Waals surface area (Å²) in [5.41, 5.74) is 1.93. The molecule has 0 amide bonds. The number of hydrogen-bond donors (Lipinski definition) is 2. The Morgan fingerprint density at radius 1 is 1.28 bits per heavy atom. The van der Waals surface area contributed by atoms with Crippen molar-refractivity contribution in [3.63, 3.8) is 0 Å². The molecule has 0 bridgehead atoms. The molecular weight excluding hydrogens is 436 g/mol. The minimum absolute atomic E-state index is 0. The van der Waals surface area contributed by atoms with Crippen LogP contribution in [-0.4, -0.2) is 35.9 Å². The molecule has 0 fully saturated rings. The van der Waals surface area contributed by atoms with E-state index in [0.717, 1.165) is 17.8 Å². The highest BCUT2D eigenvalue weighted by atomic mass is 127. The Hall–Kier alpha value is -1.68. The lowest BCUT2D eigenvalue weighted by molar-refractivity contribution is 0.106. The topological polar surface area (TPSA) is 63.5 Å². The number of aliphatic imine (C=N–C) groups is 1. The Bertz CT molecular complexity index is 659. The predicted octanol–water partition coefficient (Wildman–Crippen LogP) is 2.62. The van der Waals surface area contributed by atoms with Crippen LogP contribution in [0.3, 0.4) is 0 Å². The van der Waals surface area contributed by atoms with Crippen molar-refractivity contribution in [2.24, 2.45) is 12.0 Å². The van der Waals surface area contributed by atoms with Gasteiger partial charge >= 0.3 is 0 Å². The number of guanidine groups is 1. The maximum absolute atomic E-state index is 13.0. The van der Waals surface area contributed by atoms with Crippen LogP contribution < -0.4 is 10.6 Å². The van der Waals surface area contributed by atoms with E-state index in [-0.39, 0.29) is 35.9 Å². The lowest BCUT2D eigenvalue weighted by Gasteiger charge is -2.18. The number of ether oxygens (including phenoxy) is 1. The molecule has 6 nitrogen and oxygen atoms in total. The van der Waals surface area contributed by atoms with E-state index in [0.29, 0.717) is 19.0 Å². The first kappa shape index (κ1) is 21.4. The summed E-state index contributed by atoms with van der Waals surface area (Å²) in [6, 6.07) is 8.26. The van der Waals surface area contributed by atoms with Crippen molar-refractivity contribution < 1.29 is 9.13 Å². The second-order valence-corrected chi connectivity index (χ2v) is 5.30. The van der Waals surface area contributed by atoms with Crippen molar-refractivity contribution in [2.75, 3.05) is 20.2 Å². The fourth-order valence-electron chi connectivity index (χ4n) is 2.26. The normalized spacial score (nSPS) is 12.4. The molecule has 0 aliphatic rings. The third-order valence-corrected chi connectivity index (χ3v) is 3.65. The number of hydrogen-bond acceptors (Lipinski definition) is 3. The molecule has 1 heterocycles. The molecule has 2 N–H and O–H groups in total. The van der Waals surface area contributed by atoms with Gasteiger partial charge in [-0.3, -0.25) is 4.68 Å². The van der Waals surface area contributed by atoms with E-state index in [4.69, 9.17) is 4.74 Å². The zero-order valence-electron chi connectivity index (χ0n) is 14.7. The summed E-state index contributed by atoms with van der Waals surface area (Å²) in [5, 5.41) is 10.6. The van der Waals surface area contributed by atoms with Gasteiger partial charge in [0.15, 0.2) is 5.96 Å². The summed E-state index contributed by atoms with van der Waals surface area (Å²) < 4.78 is 20.3. The van der Waals surface area contributed by atoms with Gasteiger partial charge in [-0.15, -0.1) is 24.0 Å². The van der Waals surface area contributed by atoms with E-state index >= 15 is 0 Å². The molecule has 2 aromatic rings. The zero-order chi connectivity index (χ0) is 17.4. The molecule has 1 aromatic carbocycles. The number of rotatable bonds is 7. The fourth-order valence-corrected chi connectivity index (χ4v) is 2.26. The van der Waals surface area contributed by atoms with Crippen LogP contribution in [0, 0.1) is 5.82 Å². The second-order valence-electron chi connectivity index (χ2n) is 5.30. The third kappa shape index (κ3) is 6.62. The monoisotopic (exact) mass is 461 g/mol. The third-order valence-electron chi connectivity index (χ3n) is 3.65. The minimum Gasteiger partial charge on any atom is -0.375 e. The van der Waals surface area contributed by atoms with Gasteiger partial charge in [-0.2, -0.15) is 5.10 Å². The largest absolute Gasteiger partial charge is 0.375 e. The summed E-state index contributed by atoms with van der Waals surface area (Å²) >= 11 is 0. The number of nitrogens with zero attached hydrogens (tertiary/aromatic N) is 3. The quantitative estimate of drug-likeness (QED) is 0.378. The molecular formula is C17H25FIN5O. The molecule has 0 saturated carbocycles. The van der Waals surface area contributed by atoms with Crippen LogP contribution in [0.5, 0.6) is 0 Å². The van der Waals surface area contributed by atoms with Crippen molar-refractivity contribution in [2.45, 2.75) is 19.6 Å². The summed E-state index contributed by atoms with van der Waals surface area (Å²) in [5.74, 6) is 0.440. The van der Waals surface area contributed by atoms with Crippen LogP contribution in [0.2, 0.25) is 0 Å². The Kier molecular flexibility index (Phi) is 9.43. The number of aromatic nitrogens is 2. The molecule has 1 atom stereocenters. The van der Waals surface area contributed by atoms with Gasteiger partial charge in [0, 0.05) is 33.4 Å². The number of benzene rings is 1. The minimum atomic E-state index is -0.257. The maximum Gasteiger partial charge on any atom is 0.191 e. The Balaban J connectivity index is 0.00000312. The molecule has 0 radical (unpaired) electrons. The molecule has 25 heavy (non-hydrogen) atoms. The average molecular weight is 461 g/mol. The SMILES string of the molecule is CCNC(=NCc1ccnn1C)NCC(OC)c1ccc(F)cc1.I. The van der Waals surface area contributed by atoms with Crippen LogP contribution >= 0.6 is 24.0 Å². The summed E-state index contributed by atoms with van der Waals surface area (Å²) in [6.07, 6.45) is 1.56. The summed E-state index contributed by atoms with van der Waals surface area (Å²) in [6.45, 7) is 3.82. The first-order valence-electron chi connectivity index (χ1n) is 7.91. The van der Waals surface area contributed by atoms with Gasteiger partial charge in [-0.1, -0.05) is 12.1 Å². The van der Waals surface area contributed by atoms with E-state index in [9.17, 15) is 4.39 Å². The predicted molar refractivity (Wildman–Crippen MR) is 108 cm³/mol. The van der Waals surface area contributed by atoms with Crippen molar-refractivity contribution >= 4 is 29.9 Å². The number of nitrogens with one attached hydrogen (secondary N) is 2. The highest BCUT2D eigenvalue weighted by Gasteiger charge is 2.11. The molecule has 138 valence electrons. The van der Waals surface area contributed by atoms with E-state index in [1.54, 1.807) is 30.1 Å². The number of halogens is 2. The fraction of sp³-hybridized carbons (Fsp3) is 0.412. The highest BCUT2D eigenvalue weighted by molar-refractivity contribution is 14.0. The molecule has 1 unspecified atom stereocenters. The number of aryl methyl sites for hydroxylation is 1. The standard InChI is InChI=1S/C17H24FN5O.HI/c1-4-19-17(20-11-15-9-10-22-23(15)2)21-12-16(24-3)13-5-7-14(18)8-6-13;/h5-10,16H,4,11-12H2,1-3H3,(H2,19,20,21);1H. The van der Waals surface area contributed by atoms with Crippen LogP contribution in [0.1, 0.15) is 24.3 Å². The lowest BCUT2D eigenvalue weighted by atomic mass is 10.1. The van der Waals surface area contributed by atoms with E-state index < -0.39 is 0 Å². The summed E-state index contributed by atoms with van der Waals surface area (Å²) in [7, 11) is 3.52.